The lowest BCUT2D eigenvalue weighted by molar-refractivity contribution is 0.581. The molecule has 0 N–H and O–H groups in total. The molecule has 3 nitrogen and oxygen atoms in total. The van der Waals surface area contributed by atoms with E-state index in [1.54, 1.807) is 24.3 Å². The van der Waals surface area contributed by atoms with E-state index in [1.807, 2.05) is 6.92 Å². The van der Waals surface area contributed by atoms with Gasteiger partial charge in [0.15, 0.2) is 0 Å². The molecule has 1 aliphatic carbocycles. The molecule has 2 rings (SSSR count). The molecule has 0 radical (unpaired) electrons. The summed E-state index contributed by atoms with van der Waals surface area (Å²) in [5.74, 6) is 0.0452. The van der Waals surface area contributed by atoms with Crippen molar-refractivity contribution in [1.82, 2.24) is 0 Å². The molecule has 1 aromatic carbocycles. The predicted octanol–water partition coefficient (Wildman–Crippen LogP) is 2.42. The van der Waals surface area contributed by atoms with Crippen LogP contribution in [0.25, 0.3) is 4.85 Å². The molecule has 0 amide bonds. The Labute approximate surface area is 95.8 Å². The summed E-state index contributed by atoms with van der Waals surface area (Å²) < 4.78 is 24.3. The minimum atomic E-state index is -3.46. The van der Waals surface area contributed by atoms with E-state index in [4.69, 9.17) is 6.57 Å². The Hall–Kier alpha value is -1.34. The Bertz CT molecular complexity index is 521. The molecule has 1 aliphatic rings. The van der Waals surface area contributed by atoms with Crippen molar-refractivity contribution in [1.29, 1.82) is 0 Å². The molecular weight excluding hydrogens is 222 g/mol. The Balaban J connectivity index is 2.38. The van der Waals surface area contributed by atoms with Gasteiger partial charge in [-0.25, -0.2) is 15.0 Å². The topological polar surface area (TPSA) is 38.5 Å². The summed E-state index contributed by atoms with van der Waals surface area (Å²) in [5.41, 5.74) is 1.02. The van der Waals surface area contributed by atoms with Gasteiger partial charge >= 0.3 is 5.37 Å². The molecular formula is C12H13NO2S. The Morgan fingerprint density at radius 2 is 1.88 bits per heavy atom. The Morgan fingerprint density at radius 3 is 2.31 bits per heavy atom. The molecule has 0 saturated heterocycles. The van der Waals surface area contributed by atoms with Crippen LogP contribution in [0.15, 0.2) is 29.2 Å². The monoisotopic (exact) mass is 235 g/mol. The van der Waals surface area contributed by atoms with Gasteiger partial charge in [0.25, 0.3) is 9.84 Å². The molecule has 0 aromatic heterocycles. The molecule has 1 atom stereocenters. The SMILES string of the molecule is [C-]#[N+][C@@H](C1CC1)S(=O)(=O)c1ccc(C)cc1. The summed E-state index contributed by atoms with van der Waals surface area (Å²) >= 11 is 0. The second kappa shape index (κ2) is 3.91. The van der Waals surface area contributed by atoms with Crippen molar-refractivity contribution in [2.75, 3.05) is 0 Å². The third kappa shape index (κ3) is 1.96. The first-order valence-corrected chi connectivity index (χ1v) is 6.77. The number of rotatable bonds is 3. The molecule has 1 fully saturated rings. The summed E-state index contributed by atoms with van der Waals surface area (Å²) in [6, 6.07) is 6.71. The average Bonchev–Trinajstić information content (AvgIpc) is 3.03. The first-order valence-electron chi connectivity index (χ1n) is 5.23. The van der Waals surface area contributed by atoms with Gasteiger partial charge in [-0.3, -0.25) is 4.85 Å². The van der Waals surface area contributed by atoms with Gasteiger partial charge in [0.1, 0.15) is 0 Å². The van der Waals surface area contributed by atoms with Crippen molar-refractivity contribution in [3.63, 3.8) is 0 Å². The van der Waals surface area contributed by atoms with Crippen molar-refractivity contribution in [3.8, 4) is 0 Å². The number of sulfone groups is 1. The molecule has 1 aromatic rings. The van der Waals surface area contributed by atoms with Gasteiger partial charge in [0.2, 0.25) is 0 Å². The zero-order valence-electron chi connectivity index (χ0n) is 9.05. The Kier molecular flexibility index (Phi) is 2.73. The van der Waals surface area contributed by atoms with Crippen LogP contribution in [0.1, 0.15) is 18.4 Å². The van der Waals surface area contributed by atoms with Crippen LogP contribution in [-0.4, -0.2) is 13.8 Å². The van der Waals surface area contributed by atoms with Crippen LogP contribution >= 0.6 is 0 Å². The fourth-order valence-corrected chi connectivity index (χ4v) is 3.39. The summed E-state index contributed by atoms with van der Waals surface area (Å²) in [4.78, 5) is 3.55. The molecule has 0 heterocycles. The van der Waals surface area contributed by atoms with Crippen LogP contribution in [0.3, 0.4) is 0 Å². The number of nitrogens with zero attached hydrogens (tertiary/aromatic N) is 1. The maximum absolute atomic E-state index is 12.1. The smallest absolute Gasteiger partial charge is 0.296 e. The van der Waals surface area contributed by atoms with E-state index in [9.17, 15) is 8.42 Å². The maximum Gasteiger partial charge on any atom is 0.327 e. The predicted molar refractivity (Wildman–Crippen MR) is 61.5 cm³/mol. The highest BCUT2D eigenvalue weighted by atomic mass is 32.2. The highest BCUT2D eigenvalue weighted by molar-refractivity contribution is 7.92. The van der Waals surface area contributed by atoms with E-state index < -0.39 is 15.2 Å². The van der Waals surface area contributed by atoms with Gasteiger partial charge in [-0.05, 0) is 31.9 Å². The van der Waals surface area contributed by atoms with E-state index in [-0.39, 0.29) is 10.8 Å². The number of hydrogen-bond donors (Lipinski definition) is 0. The van der Waals surface area contributed by atoms with E-state index in [0.717, 1.165) is 18.4 Å². The van der Waals surface area contributed by atoms with Crippen LogP contribution in [-0.2, 0) is 9.84 Å². The highest BCUT2D eigenvalue weighted by Gasteiger charge is 2.46. The van der Waals surface area contributed by atoms with Gasteiger partial charge in [-0.15, -0.1) is 0 Å². The van der Waals surface area contributed by atoms with Gasteiger partial charge in [0, 0.05) is 5.92 Å². The number of hydrogen-bond acceptors (Lipinski definition) is 2. The maximum atomic E-state index is 12.1. The summed E-state index contributed by atoms with van der Waals surface area (Å²) in [6.45, 7) is 8.93. The molecule has 0 unspecified atom stereocenters. The standard InChI is InChI=1S/C12H13NO2S/c1-9-3-7-11(8-4-9)16(14,15)12(13-2)10-5-6-10/h3-4,7-8,10,12H,5-6H2,1H3/t12-/m1/s1. The normalized spacial score (nSPS) is 17.8. The van der Waals surface area contributed by atoms with Crippen LogP contribution in [0.5, 0.6) is 0 Å². The zero-order chi connectivity index (χ0) is 11.8. The van der Waals surface area contributed by atoms with Crippen LogP contribution < -0.4 is 0 Å². The lowest BCUT2D eigenvalue weighted by atomic mass is 10.2. The van der Waals surface area contributed by atoms with Crippen LogP contribution in [0, 0.1) is 19.4 Å². The quantitative estimate of drug-likeness (QED) is 0.755. The molecule has 1 saturated carbocycles. The molecule has 16 heavy (non-hydrogen) atoms. The van der Waals surface area contributed by atoms with Crippen LogP contribution in [0.2, 0.25) is 0 Å². The molecule has 0 spiro atoms. The van der Waals surface area contributed by atoms with E-state index in [2.05, 4.69) is 4.85 Å². The minimum absolute atomic E-state index is 0.0452. The first kappa shape index (κ1) is 11.2. The first-order chi connectivity index (χ1) is 7.55. The lowest BCUT2D eigenvalue weighted by Gasteiger charge is -2.06. The largest absolute Gasteiger partial charge is 0.327 e. The van der Waals surface area contributed by atoms with Gasteiger partial charge < -0.3 is 0 Å². The minimum Gasteiger partial charge on any atom is -0.296 e. The van der Waals surface area contributed by atoms with Crippen molar-refractivity contribution in [3.05, 3.63) is 41.2 Å². The number of aryl methyl sites for hydroxylation is 1. The van der Waals surface area contributed by atoms with Gasteiger partial charge in [-0.2, -0.15) is 0 Å². The number of benzene rings is 1. The van der Waals surface area contributed by atoms with Crippen molar-refractivity contribution >= 4 is 9.84 Å². The van der Waals surface area contributed by atoms with Crippen molar-refractivity contribution in [2.24, 2.45) is 5.92 Å². The third-order valence-corrected chi connectivity index (χ3v) is 4.88. The lowest BCUT2D eigenvalue weighted by Crippen LogP contribution is -2.19. The highest BCUT2D eigenvalue weighted by Crippen LogP contribution is 2.39. The second-order valence-corrected chi connectivity index (χ2v) is 6.26. The average molecular weight is 235 g/mol. The zero-order valence-corrected chi connectivity index (χ0v) is 9.87. The van der Waals surface area contributed by atoms with E-state index in [0.29, 0.717) is 0 Å². The fraction of sp³-hybridized carbons (Fsp3) is 0.417. The van der Waals surface area contributed by atoms with E-state index >= 15 is 0 Å². The third-order valence-electron chi connectivity index (χ3n) is 2.82. The van der Waals surface area contributed by atoms with Gasteiger partial charge in [-0.1, -0.05) is 17.7 Å². The summed E-state index contributed by atoms with van der Waals surface area (Å²) in [5, 5.41) is -0.879. The van der Waals surface area contributed by atoms with Gasteiger partial charge in [0.05, 0.1) is 4.90 Å². The molecule has 0 bridgehead atoms. The van der Waals surface area contributed by atoms with Crippen molar-refractivity contribution < 1.29 is 8.42 Å². The Morgan fingerprint density at radius 1 is 1.31 bits per heavy atom. The van der Waals surface area contributed by atoms with Crippen LogP contribution in [0.4, 0.5) is 0 Å². The molecule has 84 valence electrons. The van der Waals surface area contributed by atoms with Crippen molar-refractivity contribution in [2.45, 2.75) is 30.0 Å². The molecule has 4 heteroatoms. The fourth-order valence-electron chi connectivity index (χ4n) is 1.68. The summed E-state index contributed by atoms with van der Waals surface area (Å²) in [7, 11) is -3.46. The molecule has 0 aliphatic heterocycles. The summed E-state index contributed by atoms with van der Waals surface area (Å²) in [6.07, 6.45) is 1.72. The second-order valence-electron chi connectivity index (χ2n) is 4.22. The van der Waals surface area contributed by atoms with E-state index in [1.165, 1.54) is 0 Å².